The zero-order valence-corrected chi connectivity index (χ0v) is 12.6. The van der Waals surface area contributed by atoms with Gasteiger partial charge in [-0.05, 0) is 18.1 Å². The number of hydrogen-bond donors (Lipinski definition) is 2. The van der Waals surface area contributed by atoms with Crippen LogP contribution >= 0.6 is 0 Å². The lowest BCUT2D eigenvalue weighted by Crippen LogP contribution is -2.22. The summed E-state index contributed by atoms with van der Waals surface area (Å²) in [5.74, 6) is -1.26. The van der Waals surface area contributed by atoms with Gasteiger partial charge < -0.3 is 4.98 Å². The molecule has 0 aliphatic carbocycles. The van der Waals surface area contributed by atoms with Gasteiger partial charge in [0.2, 0.25) is 5.91 Å². The van der Waals surface area contributed by atoms with Crippen molar-refractivity contribution in [2.24, 2.45) is 4.99 Å². The zero-order valence-electron chi connectivity index (χ0n) is 12.6. The van der Waals surface area contributed by atoms with E-state index in [4.69, 9.17) is 0 Å². The Kier molecular flexibility index (Phi) is 4.04. The second-order valence-corrected chi connectivity index (χ2v) is 5.52. The molecule has 1 fully saturated rings. The van der Waals surface area contributed by atoms with E-state index in [0.717, 1.165) is 35.7 Å². The summed E-state index contributed by atoms with van der Waals surface area (Å²) in [6, 6.07) is 7.76. The number of para-hydroxylation sites is 1. The van der Waals surface area contributed by atoms with E-state index in [9.17, 15) is 9.59 Å². The molecule has 2 N–H and O–H groups in total. The third kappa shape index (κ3) is 2.54. The molecule has 22 heavy (non-hydrogen) atoms. The van der Waals surface area contributed by atoms with E-state index in [1.54, 1.807) is 6.20 Å². The minimum absolute atomic E-state index is 0.288. The Morgan fingerprint density at radius 3 is 2.82 bits per heavy atom. The molecule has 0 spiro atoms. The number of unbranched alkanes of at least 4 members (excludes halogenated alkanes) is 2. The number of fused-ring (bicyclic) bond motifs is 1. The van der Waals surface area contributed by atoms with Crippen LogP contribution in [0.15, 0.2) is 35.5 Å². The summed E-state index contributed by atoms with van der Waals surface area (Å²) in [4.78, 5) is 31.8. The highest BCUT2D eigenvalue weighted by Gasteiger charge is 2.40. The average molecular weight is 297 g/mol. The van der Waals surface area contributed by atoms with Crippen molar-refractivity contribution in [2.75, 3.05) is 6.54 Å². The average Bonchev–Trinajstić information content (AvgIpc) is 3.05. The molecule has 0 radical (unpaired) electrons. The summed E-state index contributed by atoms with van der Waals surface area (Å²) in [6.45, 7) is 2.70. The molecule has 1 saturated heterocycles. The highest BCUT2D eigenvalue weighted by molar-refractivity contribution is 6.52. The van der Waals surface area contributed by atoms with Crippen LogP contribution in [0.25, 0.3) is 10.9 Å². The molecular weight excluding hydrogens is 278 g/mol. The molecule has 1 unspecified atom stereocenters. The van der Waals surface area contributed by atoms with Gasteiger partial charge >= 0.3 is 0 Å². The van der Waals surface area contributed by atoms with Gasteiger partial charge in [0.1, 0.15) is 11.6 Å². The lowest BCUT2D eigenvalue weighted by Gasteiger charge is -2.06. The minimum atomic E-state index is -0.606. The first-order valence-corrected chi connectivity index (χ1v) is 7.68. The lowest BCUT2D eigenvalue weighted by atomic mass is 9.95. The van der Waals surface area contributed by atoms with E-state index in [2.05, 4.69) is 22.2 Å². The maximum atomic E-state index is 12.2. The van der Waals surface area contributed by atoms with Crippen molar-refractivity contribution in [3.8, 4) is 0 Å². The molecule has 2 heterocycles. The number of carbonyl (C=O) groups is 2. The number of H-pyrrole nitrogens is 1. The van der Waals surface area contributed by atoms with Crippen molar-refractivity contribution in [2.45, 2.75) is 32.1 Å². The topological polar surface area (TPSA) is 74.3 Å². The maximum absolute atomic E-state index is 12.2. The van der Waals surface area contributed by atoms with Crippen LogP contribution in [0.4, 0.5) is 0 Å². The molecule has 0 saturated carbocycles. The van der Waals surface area contributed by atoms with Gasteiger partial charge in [-0.1, -0.05) is 38.0 Å². The van der Waals surface area contributed by atoms with E-state index in [1.807, 2.05) is 24.3 Å². The first kappa shape index (κ1) is 14.5. The summed E-state index contributed by atoms with van der Waals surface area (Å²) >= 11 is 0. The zero-order chi connectivity index (χ0) is 15.5. The van der Waals surface area contributed by atoms with Crippen molar-refractivity contribution in [3.05, 3.63) is 36.0 Å². The molecule has 5 heteroatoms. The van der Waals surface area contributed by atoms with Crippen LogP contribution in [-0.4, -0.2) is 29.1 Å². The Labute approximate surface area is 128 Å². The number of nitrogens with one attached hydrogen (secondary N) is 2. The third-order valence-electron chi connectivity index (χ3n) is 3.98. The standard InChI is InChI=1S/C17H19N3O2/c1-2-3-6-9-18-15-14(16(21)20-17(15)22)12-10-19-13-8-5-4-7-11(12)13/h4-5,7-8,10,14,19H,2-3,6,9H2,1H3,(H,20,21,22). The first-order chi connectivity index (χ1) is 10.7. The lowest BCUT2D eigenvalue weighted by molar-refractivity contribution is -0.124. The predicted molar refractivity (Wildman–Crippen MR) is 86.0 cm³/mol. The van der Waals surface area contributed by atoms with E-state index < -0.39 is 5.92 Å². The van der Waals surface area contributed by atoms with Crippen LogP contribution in [0, 0.1) is 0 Å². The number of aromatic nitrogens is 1. The highest BCUT2D eigenvalue weighted by Crippen LogP contribution is 2.29. The number of rotatable bonds is 5. The Morgan fingerprint density at radius 2 is 2.00 bits per heavy atom. The second-order valence-electron chi connectivity index (χ2n) is 5.52. The maximum Gasteiger partial charge on any atom is 0.272 e. The second kappa shape index (κ2) is 6.13. The van der Waals surface area contributed by atoms with Crippen LogP contribution in [0.3, 0.4) is 0 Å². The normalized spacial score (nSPS) is 20.0. The van der Waals surface area contributed by atoms with E-state index >= 15 is 0 Å². The number of aromatic amines is 1. The number of carbonyl (C=O) groups excluding carboxylic acids is 2. The van der Waals surface area contributed by atoms with E-state index in [-0.39, 0.29) is 11.8 Å². The molecule has 114 valence electrons. The van der Waals surface area contributed by atoms with E-state index in [1.165, 1.54) is 0 Å². The number of nitrogens with zero attached hydrogens (tertiary/aromatic N) is 1. The van der Waals surface area contributed by atoms with Crippen LogP contribution in [-0.2, 0) is 9.59 Å². The SMILES string of the molecule is CCCCCN=C1C(=O)NC(=O)C1c1c[nH]c2ccccc12. The molecule has 0 bridgehead atoms. The predicted octanol–water partition coefficient (Wildman–Crippen LogP) is 2.54. The summed E-state index contributed by atoms with van der Waals surface area (Å²) in [7, 11) is 0. The summed E-state index contributed by atoms with van der Waals surface area (Å²) in [5.41, 5.74) is 2.11. The van der Waals surface area contributed by atoms with Gasteiger partial charge in [0.25, 0.3) is 5.91 Å². The Hall–Kier alpha value is -2.43. The van der Waals surface area contributed by atoms with Gasteiger partial charge in [0, 0.05) is 23.6 Å². The van der Waals surface area contributed by atoms with Gasteiger partial charge in [0.05, 0.1) is 0 Å². The van der Waals surface area contributed by atoms with Crippen LogP contribution in [0.2, 0.25) is 0 Å². The molecule has 3 rings (SSSR count). The largest absolute Gasteiger partial charge is 0.361 e. The molecule has 2 amide bonds. The minimum Gasteiger partial charge on any atom is -0.361 e. The molecule has 1 aromatic heterocycles. The monoisotopic (exact) mass is 297 g/mol. The van der Waals surface area contributed by atoms with E-state index in [0.29, 0.717) is 12.3 Å². The fourth-order valence-corrected chi connectivity index (χ4v) is 2.85. The molecule has 1 atom stereocenters. The summed E-state index contributed by atoms with van der Waals surface area (Å²) in [5, 5.41) is 3.35. The van der Waals surface area contributed by atoms with Crippen LogP contribution in [0.1, 0.15) is 37.7 Å². The molecule has 1 aromatic carbocycles. The molecule has 2 aromatic rings. The number of imide groups is 1. The molecular formula is C17H19N3O2. The van der Waals surface area contributed by atoms with Crippen LogP contribution < -0.4 is 5.32 Å². The van der Waals surface area contributed by atoms with Crippen LogP contribution in [0.5, 0.6) is 0 Å². The molecule has 5 nitrogen and oxygen atoms in total. The summed E-state index contributed by atoms with van der Waals surface area (Å²) < 4.78 is 0. The van der Waals surface area contributed by atoms with Gasteiger partial charge in [-0.15, -0.1) is 0 Å². The number of aliphatic imine (C=N–C) groups is 1. The summed E-state index contributed by atoms with van der Waals surface area (Å²) in [6.07, 6.45) is 4.91. The highest BCUT2D eigenvalue weighted by atomic mass is 16.2. The number of amides is 2. The van der Waals surface area contributed by atoms with Gasteiger partial charge in [-0.3, -0.25) is 19.9 Å². The number of hydrogen-bond acceptors (Lipinski definition) is 3. The van der Waals surface area contributed by atoms with Crippen molar-refractivity contribution < 1.29 is 9.59 Å². The van der Waals surface area contributed by atoms with Crippen molar-refractivity contribution in [1.29, 1.82) is 0 Å². The Morgan fingerprint density at radius 1 is 1.18 bits per heavy atom. The Balaban J connectivity index is 1.95. The number of benzene rings is 1. The first-order valence-electron chi connectivity index (χ1n) is 7.68. The third-order valence-corrected chi connectivity index (χ3v) is 3.98. The quantitative estimate of drug-likeness (QED) is 0.657. The van der Waals surface area contributed by atoms with Gasteiger partial charge in [-0.2, -0.15) is 0 Å². The fourth-order valence-electron chi connectivity index (χ4n) is 2.85. The fraction of sp³-hybridized carbons (Fsp3) is 0.353. The molecule has 1 aliphatic rings. The van der Waals surface area contributed by atoms with Gasteiger partial charge in [-0.25, -0.2) is 0 Å². The smallest absolute Gasteiger partial charge is 0.272 e. The van der Waals surface area contributed by atoms with Crippen molar-refractivity contribution >= 4 is 28.4 Å². The van der Waals surface area contributed by atoms with Gasteiger partial charge in [0.15, 0.2) is 0 Å². The van der Waals surface area contributed by atoms with Crippen molar-refractivity contribution in [1.82, 2.24) is 10.3 Å². The molecule has 1 aliphatic heterocycles. The Bertz CT molecular complexity index is 745. The van der Waals surface area contributed by atoms with Crippen molar-refractivity contribution in [3.63, 3.8) is 0 Å².